The number of unbranched alkanes of at least 4 members (excludes halogenated alkanes) is 1. The van der Waals surface area contributed by atoms with Crippen molar-refractivity contribution in [2.75, 3.05) is 13.7 Å². The SMILES string of the molecule is C/C=C/c1ccc(OCCCCn2c(-c3ccccc3)nc3ccccc32)c(OC)c1. The lowest BCUT2D eigenvalue weighted by molar-refractivity contribution is 0.284. The van der Waals surface area contributed by atoms with E-state index < -0.39 is 0 Å². The molecule has 158 valence electrons. The lowest BCUT2D eigenvalue weighted by atomic mass is 10.2. The van der Waals surface area contributed by atoms with Gasteiger partial charge in [0.15, 0.2) is 11.5 Å². The minimum atomic E-state index is 0.645. The average molecular weight is 413 g/mol. The van der Waals surface area contributed by atoms with E-state index in [0.29, 0.717) is 6.61 Å². The molecule has 31 heavy (non-hydrogen) atoms. The zero-order valence-corrected chi connectivity index (χ0v) is 18.1. The highest BCUT2D eigenvalue weighted by Crippen LogP contribution is 2.29. The predicted molar refractivity (Wildman–Crippen MR) is 128 cm³/mol. The van der Waals surface area contributed by atoms with E-state index in [0.717, 1.165) is 53.4 Å². The maximum absolute atomic E-state index is 6.01. The fraction of sp³-hybridized carbons (Fsp3) is 0.222. The molecule has 0 spiro atoms. The molecule has 0 aliphatic carbocycles. The van der Waals surface area contributed by atoms with Crippen LogP contribution in [0.4, 0.5) is 0 Å². The second-order valence-corrected chi connectivity index (χ2v) is 7.41. The number of hydrogen-bond donors (Lipinski definition) is 0. The van der Waals surface area contributed by atoms with Crippen LogP contribution in [0.2, 0.25) is 0 Å². The van der Waals surface area contributed by atoms with E-state index in [1.165, 1.54) is 5.52 Å². The molecule has 4 nitrogen and oxygen atoms in total. The molecule has 0 atom stereocenters. The molecule has 0 radical (unpaired) electrons. The van der Waals surface area contributed by atoms with Crippen LogP contribution in [0.1, 0.15) is 25.3 Å². The van der Waals surface area contributed by atoms with Crippen LogP contribution < -0.4 is 9.47 Å². The molecule has 0 bridgehead atoms. The normalized spacial score (nSPS) is 11.3. The van der Waals surface area contributed by atoms with Crippen molar-refractivity contribution >= 4 is 17.1 Å². The van der Waals surface area contributed by atoms with E-state index in [-0.39, 0.29) is 0 Å². The maximum atomic E-state index is 6.01. The van der Waals surface area contributed by atoms with Crippen LogP contribution in [-0.2, 0) is 6.54 Å². The minimum absolute atomic E-state index is 0.645. The lowest BCUT2D eigenvalue weighted by Crippen LogP contribution is -2.04. The highest BCUT2D eigenvalue weighted by atomic mass is 16.5. The Morgan fingerprint density at radius 2 is 1.71 bits per heavy atom. The Morgan fingerprint density at radius 3 is 2.52 bits per heavy atom. The summed E-state index contributed by atoms with van der Waals surface area (Å²) in [6.07, 6.45) is 6.00. The third-order valence-corrected chi connectivity index (χ3v) is 5.27. The number of aromatic nitrogens is 2. The number of fused-ring (bicyclic) bond motifs is 1. The van der Waals surface area contributed by atoms with Crippen LogP contribution >= 0.6 is 0 Å². The molecule has 0 aliphatic rings. The van der Waals surface area contributed by atoms with E-state index >= 15 is 0 Å². The van der Waals surface area contributed by atoms with Gasteiger partial charge in [0.05, 0.1) is 24.8 Å². The van der Waals surface area contributed by atoms with Crippen LogP contribution in [-0.4, -0.2) is 23.3 Å². The second kappa shape index (κ2) is 9.98. The minimum Gasteiger partial charge on any atom is -0.493 e. The van der Waals surface area contributed by atoms with Crippen molar-refractivity contribution in [3.63, 3.8) is 0 Å². The van der Waals surface area contributed by atoms with Crippen LogP contribution in [0.3, 0.4) is 0 Å². The zero-order chi connectivity index (χ0) is 21.5. The Hall–Kier alpha value is -3.53. The van der Waals surface area contributed by atoms with Gasteiger partial charge in [-0.1, -0.05) is 60.7 Å². The molecule has 3 aromatic carbocycles. The zero-order valence-electron chi connectivity index (χ0n) is 18.1. The van der Waals surface area contributed by atoms with Crippen LogP contribution in [0.25, 0.3) is 28.5 Å². The third kappa shape index (κ3) is 4.80. The molecule has 4 rings (SSSR count). The molecule has 4 heteroatoms. The number of imidazole rings is 1. The molecular formula is C27H28N2O2. The second-order valence-electron chi connectivity index (χ2n) is 7.41. The van der Waals surface area contributed by atoms with Gasteiger partial charge >= 0.3 is 0 Å². The van der Waals surface area contributed by atoms with E-state index in [4.69, 9.17) is 14.5 Å². The van der Waals surface area contributed by atoms with E-state index in [2.05, 4.69) is 47.0 Å². The summed E-state index contributed by atoms with van der Waals surface area (Å²) in [5.41, 5.74) is 4.44. The monoisotopic (exact) mass is 412 g/mol. The Balaban J connectivity index is 1.42. The van der Waals surface area contributed by atoms with Crippen molar-refractivity contribution < 1.29 is 9.47 Å². The van der Waals surface area contributed by atoms with Gasteiger partial charge < -0.3 is 14.0 Å². The fourth-order valence-corrected chi connectivity index (χ4v) is 3.76. The number of aryl methyl sites for hydroxylation is 1. The highest BCUT2D eigenvalue weighted by Gasteiger charge is 2.12. The molecule has 1 aromatic heterocycles. The van der Waals surface area contributed by atoms with Crippen molar-refractivity contribution in [1.29, 1.82) is 0 Å². The number of benzene rings is 3. The summed E-state index contributed by atoms with van der Waals surface area (Å²) in [6, 6.07) is 24.7. The Bertz CT molecular complexity index is 1160. The Labute approximate surface area is 183 Å². The van der Waals surface area contributed by atoms with Gasteiger partial charge in [-0.25, -0.2) is 4.98 Å². The number of rotatable bonds is 9. The first-order valence-corrected chi connectivity index (χ1v) is 10.7. The molecule has 0 aliphatic heterocycles. The molecule has 0 saturated carbocycles. The molecule has 0 saturated heterocycles. The molecule has 0 amide bonds. The first-order valence-electron chi connectivity index (χ1n) is 10.7. The predicted octanol–water partition coefficient (Wildman–Crippen LogP) is 6.60. The van der Waals surface area contributed by atoms with Gasteiger partial charge in [0, 0.05) is 12.1 Å². The van der Waals surface area contributed by atoms with Crippen molar-refractivity contribution in [2.24, 2.45) is 0 Å². The van der Waals surface area contributed by atoms with E-state index in [1.807, 2.05) is 49.4 Å². The molecule has 0 N–H and O–H groups in total. The van der Waals surface area contributed by atoms with E-state index in [9.17, 15) is 0 Å². The van der Waals surface area contributed by atoms with Gasteiger partial charge in [-0.2, -0.15) is 0 Å². The lowest BCUT2D eigenvalue weighted by Gasteiger charge is -2.12. The fourth-order valence-electron chi connectivity index (χ4n) is 3.76. The number of para-hydroxylation sites is 2. The smallest absolute Gasteiger partial charge is 0.161 e. The van der Waals surface area contributed by atoms with Crippen molar-refractivity contribution in [1.82, 2.24) is 9.55 Å². The first-order chi connectivity index (χ1) is 15.3. The van der Waals surface area contributed by atoms with Gasteiger partial charge in [0.2, 0.25) is 0 Å². The number of allylic oxidation sites excluding steroid dienone is 1. The quantitative estimate of drug-likeness (QED) is 0.290. The molecule has 1 heterocycles. The maximum Gasteiger partial charge on any atom is 0.161 e. The largest absolute Gasteiger partial charge is 0.493 e. The van der Waals surface area contributed by atoms with Crippen LogP contribution in [0, 0.1) is 0 Å². The third-order valence-electron chi connectivity index (χ3n) is 5.27. The van der Waals surface area contributed by atoms with Crippen LogP contribution in [0.15, 0.2) is 78.9 Å². The Morgan fingerprint density at radius 1 is 0.903 bits per heavy atom. The molecule has 0 fully saturated rings. The first kappa shape index (κ1) is 20.7. The van der Waals surface area contributed by atoms with Crippen molar-refractivity contribution in [2.45, 2.75) is 26.3 Å². The topological polar surface area (TPSA) is 36.3 Å². The van der Waals surface area contributed by atoms with E-state index in [1.54, 1.807) is 7.11 Å². The average Bonchev–Trinajstić information content (AvgIpc) is 3.19. The van der Waals surface area contributed by atoms with Gasteiger partial charge in [-0.05, 0) is 49.6 Å². The molecular weight excluding hydrogens is 384 g/mol. The standard InChI is InChI=1S/C27H28N2O2/c1-3-11-21-16-17-25(26(20-21)30-2)31-19-10-9-18-29-24-15-8-7-14-23(24)28-27(29)22-12-5-4-6-13-22/h3-8,11-17,20H,9-10,18-19H2,1-2H3/b11-3+. The van der Waals surface area contributed by atoms with Gasteiger partial charge in [0.1, 0.15) is 5.82 Å². The summed E-state index contributed by atoms with van der Waals surface area (Å²) in [5, 5.41) is 0. The number of methoxy groups -OCH3 is 1. The highest BCUT2D eigenvalue weighted by molar-refractivity contribution is 5.80. The van der Waals surface area contributed by atoms with Crippen molar-refractivity contribution in [3.8, 4) is 22.9 Å². The summed E-state index contributed by atoms with van der Waals surface area (Å²) in [4.78, 5) is 4.89. The van der Waals surface area contributed by atoms with Crippen molar-refractivity contribution in [3.05, 3.63) is 84.4 Å². The van der Waals surface area contributed by atoms with Gasteiger partial charge in [-0.15, -0.1) is 0 Å². The number of ether oxygens (including phenoxy) is 2. The van der Waals surface area contributed by atoms with Gasteiger partial charge in [-0.3, -0.25) is 0 Å². The van der Waals surface area contributed by atoms with Crippen LogP contribution in [0.5, 0.6) is 11.5 Å². The summed E-state index contributed by atoms with van der Waals surface area (Å²) < 4.78 is 13.8. The molecule has 0 unspecified atom stereocenters. The summed E-state index contributed by atoms with van der Waals surface area (Å²) >= 11 is 0. The summed E-state index contributed by atoms with van der Waals surface area (Å²) in [6.45, 7) is 3.54. The number of nitrogens with zero attached hydrogens (tertiary/aromatic N) is 2. The Kier molecular flexibility index (Phi) is 6.68. The number of hydrogen-bond acceptors (Lipinski definition) is 3. The molecule has 4 aromatic rings. The summed E-state index contributed by atoms with van der Waals surface area (Å²) in [5.74, 6) is 2.57. The summed E-state index contributed by atoms with van der Waals surface area (Å²) in [7, 11) is 1.68. The van der Waals surface area contributed by atoms with Gasteiger partial charge in [0.25, 0.3) is 0 Å².